The van der Waals surface area contributed by atoms with Crippen LogP contribution in [0.4, 0.5) is 29.3 Å². The van der Waals surface area contributed by atoms with Gasteiger partial charge < -0.3 is 15.1 Å². The number of nitriles is 1. The third-order valence-electron chi connectivity index (χ3n) is 4.29. The summed E-state index contributed by atoms with van der Waals surface area (Å²) in [5, 5.41) is 11.2. The van der Waals surface area contributed by atoms with E-state index in [0.717, 1.165) is 36.5 Å². The summed E-state index contributed by atoms with van der Waals surface area (Å²) in [7, 11) is 0. The number of halogens is 3. The number of carbonyl (C=O) groups excluding carboxylic acids is 1. The van der Waals surface area contributed by atoms with Crippen molar-refractivity contribution in [2.45, 2.75) is 38.3 Å². The molecule has 0 bridgehead atoms. The molecule has 0 aromatic heterocycles. The summed E-state index contributed by atoms with van der Waals surface area (Å²) in [4.78, 5) is 15.5. The first kappa shape index (κ1) is 19.9. The average molecular weight is 368 g/mol. The summed E-state index contributed by atoms with van der Waals surface area (Å²) >= 11 is 0. The van der Waals surface area contributed by atoms with Crippen LogP contribution in [0.2, 0.25) is 0 Å². The monoisotopic (exact) mass is 368 g/mol. The number of alkyl halides is 3. The molecule has 1 fully saturated rings. The lowest BCUT2D eigenvalue weighted by molar-refractivity contribution is -0.136. The SMILES string of the molecule is N#CCCN(CCC(F)(F)F)C(=O)Nc1ccc(N2CCCCC2)cc1. The Morgan fingerprint density at radius 2 is 1.81 bits per heavy atom. The topological polar surface area (TPSA) is 59.4 Å². The van der Waals surface area contributed by atoms with Crippen molar-refractivity contribution in [2.75, 3.05) is 36.4 Å². The Morgan fingerprint density at radius 1 is 1.15 bits per heavy atom. The zero-order chi connectivity index (χ0) is 19.0. The molecule has 1 aliphatic rings. The van der Waals surface area contributed by atoms with Crippen molar-refractivity contribution in [3.63, 3.8) is 0 Å². The number of carbonyl (C=O) groups is 1. The van der Waals surface area contributed by atoms with Gasteiger partial charge in [-0.15, -0.1) is 0 Å². The fourth-order valence-corrected chi connectivity index (χ4v) is 2.87. The van der Waals surface area contributed by atoms with Crippen molar-refractivity contribution in [2.24, 2.45) is 0 Å². The van der Waals surface area contributed by atoms with Crippen LogP contribution in [0.25, 0.3) is 0 Å². The number of piperidine rings is 1. The normalized spacial score (nSPS) is 14.6. The van der Waals surface area contributed by atoms with Crippen LogP contribution in [0.1, 0.15) is 32.1 Å². The number of nitrogens with zero attached hydrogens (tertiary/aromatic N) is 3. The first-order valence-corrected chi connectivity index (χ1v) is 8.74. The van der Waals surface area contributed by atoms with Crippen LogP contribution in [0.15, 0.2) is 24.3 Å². The lowest BCUT2D eigenvalue weighted by Crippen LogP contribution is -2.38. The van der Waals surface area contributed by atoms with Crippen LogP contribution in [-0.4, -0.2) is 43.3 Å². The van der Waals surface area contributed by atoms with Gasteiger partial charge in [0.05, 0.1) is 18.9 Å². The fourth-order valence-electron chi connectivity index (χ4n) is 2.87. The molecular weight excluding hydrogens is 345 g/mol. The van der Waals surface area contributed by atoms with Gasteiger partial charge in [0.25, 0.3) is 0 Å². The molecule has 1 aliphatic heterocycles. The van der Waals surface area contributed by atoms with E-state index in [2.05, 4.69) is 10.2 Å². The molecule has 26 heavy (non-hydrogen) atoms. The predicted molar refractivity (Wildman–Crippen MR) is 94.0 cm³/mol. The van der Waals surface area contributed by atoms with Crippen LogP contribution in [0, 0.1) is 11.3 Å². The molecule has 5 nitrogen and oxygen atoms in total. The highest BCUT2D eigenvalue weighted by Gasteiger charge is 2.29. The van der Waals surface area contributed by atoms with Crippen molar-refractivity contribution < 1.29 is 18.0 Å². The zero-order valence-electron chi connectivity index (χ0n) is 14.6. The summed E-state index contributed by atoms with van der Waals surface area (Å²) < 4.78 is 37.3. The van der Waals surface area contributed by atoms with E-state index in [0.29, 0.717) is 5.69 Å². The molecule has 8 heteroatoms. The fraction of sp³-hybridized carbons (Fsp3) is 0.556. The number of hydrogen-bond acceptors (Lipinski definition) is 3. The Labute approximate surface area is 151 Å². The van der Waals surface area contributed by atoms with Gasteiger partial charge in [0.2, 0.25) is 0 Å². The second-order valence-corrected chi connectivity index (χ2v) is 6.29. The van der Waals surface area contributed by atoms with Crippen molar-refractivity contribution >= 4 is 17.4 Å². The second-order valence-electron chi connectivity index (χ2n) is 6.29. The standard InChI is InChI=1S/C18H23F3N4O/c19-18(20,21)9-14-25(13-4-10-22)17(26)23-15-5-7-16(8-6-15)24-11-2-1-3-12-24/h5-8H,1-4,9,11-14H2,(H,23,26). The lowest BCUT2D eigenvalue weighted by Gasteiger charge is -2.29. The Kier molecular flexibility index (Phi) is 7.13. The maximum Gasteiger partial charge on any atom is 0.390 e. The summed E-state index contributed by atoms with van der Waals surface area (Å²) in [5.74, 6) is 0. The van der Waals surface area contributed by atoms with Gasteiger partial charge in [0.15, 0.2) is 0 Å². The molecule has 1 aromatic rings. The quantitative estimate of drug-likeness (QED) is 0.811. The molecule has 0 saturated carbocycles. The summed E-state index contributed by atoms with van der Waals surface area (Å²) in [6.45, 7) is 1.50. The van der Waals surface area contributed by atoms with Gasteiger partial charge in [0, 0.05) is 37.6 Å². The number of rotatable bonds is 6. The Bertz CT molecular complexity index is 619. The van der Waals surface area contributed by atoms with E-state index in [-0.39, 0.29) is 13.0 Å². The van der Waals surface area contributed by atoms with E-state index in [1.807, 2.05) is 18.2 Å². The molecule has 2 amide bonds. The minimum absolute atomic E-state index is 0.0147. The highest BCUT2D eigenvalue weighted by atomic mass is 19.4. The number of anilines is 2. The van der Waals surface area contributed by atoms with Crippen molar-refractivity contribution in [1.82, 2.24) is 4.90 Å². The number of nitrogens with one attached hydrogen (secondary N) is 1. The molecule has 0 unspecified atom stereocenters. The molecule has 2 rings (SSSR count). The molecule has 1 heterocycles. The highest BCUT2D eigenvalue weighted by molar-refractivity contribution is 5.89. The van der Waals surface area contributed by atoms with Crippen molar-refractivity contribution in [3.05, 3.63) is 24.3 Å². The molecule has 0 atom stereocenters. The largest absolute Gasteiger partial charge is 0.390 e. The van der Waals surface area contributed by atoms with Crippen LogP contribution in [-0.2, 0) is 0 Å². The Morgan fingerprint density at radius 3 is 2.38 bits per heavy atom. The minimum atomic E-state index is -4.35. The average Bonchev–Trinajstić information content (AvgIpc) is 2.62. The van der Waals surface area contributed by atoms with Gasteiger partial charge in [-0.2, -0.15) is 18.4 Å². The van der Waals surface area contributed by atoms with Crippen molar-refractivity contribution in [3.8, 4) is 6.07 Å². The summed E-state index contributed by atoms with van der Waals surface area (Å²) in [6.07, 6.45) is -1.90. The number of urea groups is 1. The third kappa shape index (κ3) is 6.47. The molecule has 1 aromatic carbocycles. The van der Waals surface area contributed by atoms with Crippen molar-refractivity contribution in [1.29, 1.82) is 5.26 Å². The molecule has 0 spiro atoms. The molecule has 0 aliphatic carbocycles. The van der Waals surface area contributed by atoms with Crippen LogP contribution in [0.5, 0.6) is 0 Å². The van der Waals surface area contributed by atoms with Crippen LogP contribution in [0.3, 0.4) is 0 Å². The van der Waals surface area contributed by atoms with Gasteiger partial charge in [-0.25, -0.2) is 4.79 Å². The molecule has 142 valence electrons. The lowest BCUT2D eigenvalue weighted by atomic mass is 10.1. The van der Waals surface area contributed by atoms with Gasteiger partial charge in [-0.1, -0.05) is 0 Å². The number of hydrogen-bond donors (Lipinski definition) is 1. The second kappa shape index (κ2) is 9.32. The third-order valence-corrected chi connectivity index (χ3v) is 4.29. The van der Waals surface area contributed by atoms with E-state index in [9.17, 15) is 18.0 Å². The van der Waals surface area contributed by atoms with E-state index in [4.69, 9.17) is 5.26 Å². The molecule has 0 radical (unpaired) electrons. The number of benzene rings is 1. The van der Waals surface area contributed by atoms with Crippen LogP contribution >= 0.6 is 0 Å². The zero-order valence-corrected chi connectivity index (χ0v) is 14.6. The number of amides is 2. The molecule has 1 N–H and O–H groups in total. The first-order chi connectivity index (χ1) is 12.4. The van der Waals surface area contributed by atoms with E-state index in [1.54, 1.807) is 12.1 Å². The summed E-state index contributed by atoms with van der Waals surface area (Å²) in [6, 6.07) is 8.51. The van der Waals surface area contributed by atoms with E-state index >= 15 is 0 Å². The smallest absolute Gasteiger partial charge is 0.372 e. The van der Waals surface area contributed by atoms with Gasteiger partial charge in [-0.05, 0) is 43.5 Å². The molecule has 1 saturated heterocycles. The van der Waals surface area contributed by atoms with Gasteiger partial charge in [-0.3, -0.25) is 0 Å². The minimum Gasteiger partial charge on any atom is -0.372 e. The first-order valence-electron chi connectivity index (χ1n) is 8.74. The highest BCUT2D eigenvalue weighted by Crippen LogP contribution is 2.23. The predicted octanol–water partition coefficient (Wildman–Crippen LogP) is 4.38. The van der Waals surface area contributed by atoms with Gasteiger partial charge >= 0.3 is 12.2 Å². The summed E-state index contributed by atoms with van der Waals surface area (Å²) in [5.41, 5.74) is 1.59. The maximum absolute atomic E-state index is 12.4. The maximum atomic E-state index is 12.4. The molecular formula is C18H23F3N4O. The van der Waals surface area contributed by atoms with Crippen LogP contribution < -0.4 is 10.2 Å². The van der Waals surface area contributed by atoms with Gasteiger partial charge in [0.1, 0.15) is 0 Å². The van der Waals surface area contributed by atoms with E-state index < -0.39 is 25.2 Å². The van der Waals surface area contributed by atoms with E-state index in [1.165, 1.54) is 6.42 Å². The Balaban J connectivity index is 1.95. The Hall–Kier alpha value is -2.43.